The van der Waals surface area contributed by atoms with Crippen LogP contribution in [-0.2, 0) is 20.2 Å². The van der Waals surface area contributed by atoms with Gasteiger partial charge in [-0.25, -0.2) is 16.8 Å². The number of hydrogen-bond acceptors (Lipinski definition) is 13. The molecule has 4 aromatic rings. The molecule has 43 heavy (non-hydrogen) atoms. The first-order valence-corrected chi connectivity index (χ1v) is 14.2. The van der Waals surface area contributed by atoms with Gasteiger partial charge in [0.1, 0.15) is 30.0 Å². The predicted molar refractivity (Wildman–Crippen MR) is 137 cm³/mol. The number of tetrazole rings is 1. The summed E-state index contributed by atoms with van der Waals surface area (Å²) >= 11 is 12.3. The zero-order valence-corrected chi connectivity index (χ0v) is 26.1. The summed E-state index contributed by atoms with van der Waals surface area (Å²) in [6, 6.07) is 9.60. The molecule has 18 nitrogen and oxygen atoms in total. The molecule has 0 radical (unpaired) electrons. The second-order valence-corrected chi connectivity index (χ2v) is 11.4. The fourth-order valence-corrected chi connectivity index (χ4v) is 5.21. The molecular formula is C20H10Cl2N7NaO11S2. The number of aromatic nitrogens is 4. The number of halogens is 2. The summed E-state index contributed by atoms with van der Waals surface area (Å²) in [5.41, 5.74) is -3.43. The number of hydrogen-bond donors (Lipinski definition) is 1. The molecule has 3 aromatic carbocycles. The molecule has 23 heteroatoms. The summed E-state index contributed by atoms with van der Waals surface area (Å²) in [6.45, 7) is 0. The summed E-state index contributed by atoms with van der Waals surface area (Å²) in [5.74, 6) is -1.75. The molecule has 0 bridgehead atoms. The third-order valence-corrected chi connectivity index (χ3v) is 7.55. The molecule has 0 aliphatic heterocycles. The van der Waals surface area contributed by atoms with Gasteiger partial charge in [-0.2, -0.15) is 0 Å². The van der Waals surface area contributed by atoms with E-state index in [-0.39, 0.29) is 35.2 Å². The number of nitrogens with one attached hydrogen (secondary N) is 1. The van der Waals surface area contributed by atoms with Crippen molar-refractivity contribution in [3.05, 3.63) is 90.7 Å². The number of nitrogens with zero attached hydrogens (tertiary/aromatic N) is 6. The van der Waals surface area contributed by atoms with Crippen LogP contribution in [0.5, 0.6) is 0 Å². The summed E-state index contributed by atoms with van der Waals surface area (Å²) in [5, 5.41) is 31.7. The Morgan fingerprint density at radius 1 is 0.860 bits per heavy atom. The number of amides is 1. The zero-order chi connectivity index (χ0) is 31.1. The van der Waals surface area contributed by atoms with Crippen LogP contribution in [0.2, 0.25) is 10.0 Å². The van der Waals surface area contributed by atoms with Crippen molar-refractivity contribution in [2.45, 2.75) is 9.79 Å². The van der Waals surface area contributed by atoms with E-state index in [1.165, 1.54) is 12.1 Å². The van der Waals surface area contributed by atoms with Crippen LogP contribution in [0.15, 0.2) is 64.4 Å². The summed E-state index contributed by atoms with van der Waals surface area (Å²) < 4.78 is 71.0. The third kappa shape index (κ3) is 7.14. The fraction of sp³-hybridized carbons (Fsp3) is 0. The summed E-state index contributed by atoms with van der Waals surface area (Å²) in [7, 11) is -11.0. The number of anilines is 1. The topological polar surface area (TPSA) is 264 Å². The standard InChI is InChI=1S/C20H11Cl2N7O11S2.Na/c21-11-6-15(28(31)32)17(41(35,36)37)8-13(11)26-24-19(20(30)23-10-4-2-1-3-5-10)25-27(26)14-9-18(42(38,39)40)16(29(33)34)7-12(14)22;/h1-9H,(H2-,23,30,35,36,37,38,39,40);/q;+1/p-1. The number of nitro benzene ring substituents is 2. The normalized spacial score (nSPS) is 11.4. The smallest absolute Gasteiger partial charge is 0.744 e. The molecule has 0 aliphatic rings. The molecule has 0 saturated heterocycles. The first-order valence-electron chi connectivity index (χ1n) is 10.6. The number of nitro groups is 2. The maximum absolute atomic E-state index is 13.0. The van der Waals surface area contributed by atoms with E-state index in [9.17, 15) is 51.0 Å². The van der Waals surface area contributed by atoms with Gasteiger partial charge in [-0.05, 0) is 23.0 Å². The molecule has 1 N–H and O–H groups in total. The molecular weight excluding hydrogens is 672 g/mol. The van der Waals surface area contributed by atoms with E-state index in [0.717, 1.165) is 0 Å². The Hall–Kier alpha value is -3.60. The van der Waals surface area contributed by atoms with Crippen LogP contribution in [0.1, 0.15) is 10.6 Å². The molecule has 0 atom stereocenters. The second-order valence-electron chi connectivity index (χ2n) is 7.89. The van der Waals surface area contributed by atoms with Crippen LogP contribution in [0.25, 0.3) is 11.4 Å². The van der Waals surface area contributed by atoms with Crippen LogP contribution < -0.4 is 39.7 Å². The van der Waals surface area contributed by atoms with Crippen molar-refractivity contribution in [2.75, 3.05) is 5.32 Å². The van der Waals surface area contributed by atoms with E-state index in [4.69, 9.17) is 23.2 Å². The molecule has 0 aliphatic carbocycles. The number of rotatable bonds is 8. The van der Waals surface area contributed by atoms with Gasteiger partial charge in [-0.15, -0.1) is 0 Å². The number of benzene rings is 3. The molecule has 4 rings (SSSR count). The van der Waals surface area contributed by atoms with Crippen molar-refractivity contribution in [1.29, 1.82) is 0 Å². The maximum Gasteiger partial charge on any atom is 1.00 e. The first-order chi connectivity index (χ1) is 19.5. The van der Waals surface area contributed by atoms with Crippen LogP contribution in [-0.4, -0.2) is 56.7 Å². The van der Waals surface area contributed by atoms with Crippen molar-refractivity contribution >= 4 is 66.4 Å². The van der Waals surface area contributed by atoms with E-state index in [0.29, 0.717) is 33.9 Å². The van der Waals surface area contributed by atoms with E-state index < -0.39 is 84.4 Å². The Bertz CT molecular complexity index is 1910. The Morgan fingerprint density at radius 2 is 1.37 bits per heavy atom. The monoisotopic (exact) mass is 681 g/mol. The first kappa shape index (κ1) is 33.9. The van der Waals surface area contributed by atoms with Gasteiger partial charge in [0.25, 0.3) is 11.4 Å². The quantitative estimate of drug-likeness (QED) is 0.0748. The third-order valence-electron chi connectivity index (χ3n) is 5.21. The summed E-state index contributed by atoms with van der Waals surface area (Å²) in [4.78, 5) is 31.6. The molecule has 0 spiro atoms. The van der Waals surface area contributed by atoms with Gasteiger partial charge in [0.15, 0.2) is 11.4 Å². The molecule has 1 heterocycles. The van der Waals surface area contributed by atoms with E-state index in [2.05, 4.69) is 15.5 Å². The Kier molecular flexibility index (Phi) is 9.90. The Labute approximate surface area is 271 Å². The van der Waals surface area contributed by atoms with E-state index in [1.807, 2.05) is 0 Å². The molecule has 1 aromatic heterocycles. The van der Waals surface area contributed by atoms with E-state index >= 15 is 0 Å². The van der Waals surface area contributed by atoms with E-state index in [1.54, 1.807) is 18.2 Å². The Balaban J connectivity index is 0.00000506. The summed E-state index contributed by atoms with van der Waals surface area (Å²) in [6.07, 6.45) is 0. The molecule has 0 saturated carbocycles. The van der Waals surface area contributed by atoms with Gasteiger partial charge in [-0.3, -0.25) is 25.0 Å². The van der Waals surface area contributed by atoms with Gasteiger partial charge < -0.3 is 14.4 Å². The van der Waals surface area contributed by atoms with Gasteiger partial charge in [-0.1, -0.05) is 41.4 Å². The fourth-order valence-electron chi connectivity index (χ4n) is 3.45. The molecule has 0 fully saturated rings. The van der Waals surface area contributed by atoms with Crippen molar-refractivity contribution in [1.82, 2.24) is 15.0 Å². The maximum atomic E-state index is 13.0. The van der Waals surface area contributed by atoms with Crippen LogP contribution in [0.4, 0.5) is 17.1 Å². The SMILES string of the molecule is O=C(Nc1ccccc1)c1nn(-c2cc(S(=O)(=O)[O-])c([N+](=O)[O-])cc2Cl)[n+](-c2cc(S(=O)(=O)[O-])c([N+](=O)[O-])cc2Cl)n1.[Na+]. The van der Waals surface area contributed by atoms with Crippen molar-refractivity contribution < 1.29 is 74.9 Å². The van der Waals surface area contributed by atoms with Crippen molar-refractivity contribution in [3.8, 4) is 11.4 Å². The second kappa shape index (κ2) is 12.6. The molecule has 0 unspecified atom stereocenters. The average Bonchev–Trinajstić information content (AvgIpc) is 3.32. The molecule has 218 valence electrons. The van der Waals surface area contributed by atoms with Crippen LogP contribution in [0, 0.1) is 20.2 Å². The van der Waals surface area contributed by atoms with Gasteiger partial charge in [0, 0.05) is 33.8 Å². The Morgan fingerprint density at radius 3 is 1.88 bits per heavy atom. The predicted octanol–water partition coefficient (Wildman–Crippen LogP) is -1.27. The number of carbonyl (C=O) groups is 1. The zero-order valence-electron chi connectivity index (χ0n) is 20.9. The van der Waals surface area contributed by atoms with Crippen LogP contribution >= 0.6 is 23.2 Å². The van der Waals surface area contributed by atoms with Gasteiger partial charge in [0.05, 0.1) is 25.0 Å². The number of para-hydroxylation sites is 1. The number of carbonyl (C=O) groups excluding carboxylic acids is 1. The van der Waals surface area contributed by atoms with Crippen LogP contribution in [0.3, 0.4) is 0 Å². The minimum Gasteiger partial charge on any atom is -0.744 e. The van der Waals surface area contributed by atoms with Gasteiger partial charge in [0.2, 0.25) is 0 Å². The largest absolute Gasteiger partial charge is 1.00 e. The minimum atomic E-state index is -5.52. The molecule has 1 amide bonds. The van der Waals surface area contributed by atoms with Crippen molar-refractivity contribution in [3.63, 3.8) is 0 Å². The average molecular weight is 682 g/mol. The van der Waals surface area contributed by atoms with Gasteiger partial charge >= 0.3 is 41.3 Å². The van der Waals surface area contributed by atoms with Crippen molar-refractivity contribution in [2.24, 2.45) is 0 Å². The minimum absolute atomic E-state index is 0.